The Kier molecular flexibility index (Phi) is 12.5. The summed E-state index contributed by atoms with van der Waals surface area (Å²) in [5.74, 6) is 1.59. The highest BCUT2D eigenvalue weighted by Gasteiger charge is 1.98. The molecule has 0 aliphatic rings. The monoisotopic (exact) mass is 239 g/mol. The summed E-state index contributed by atoms with van der Waals surface area (Å²) in [6, 6.07) is 0. The van der Waals surface area contributed by atoms with Crippen LogP contribution in [0, 0.1) is 18.8 Å². The number of hydrogen-bond acceptors (Lipinski definition) is 0. The molecule has 103 valence electrons. The second-order valence-corrected chi connectivity index (χ2v) is 6.02. The third-order valence-corrected chi connectivity index (χ3v) is 3.84. The zero-order chi connectivity index (χ0) is 12.9. The fraction of sp³-hybridized carbons (Fsp3) is 0.941. The van der Waals surface area contributed by atoms with Crippen LogP contribution in [0.3, 0.4) is 0 Å². The lowest BCUT2D eigenvalue weighted by molar-refractivity contribution is 0.468. The van der Waals surface area contributed by atoms with Crippen molar-refractivity contribution in [1.29, 1.82) is 0 Å². The largest absolute Gasteiger partial charge is 0.0651 e. The second-order valence-electron chi connectivity index (χ2n) is 6.02. The van der Waals surface area contributed by atoms with E-state index in [1.54, 1.807) is 0 Å². The maximum Gasteiger partial charge on any atom is -0.0443 e. The Labute approximate surface area is 111 Å². The van der Waals surface area contributed by atoms with Gasteiger partial charge in [-0.05, 0) is 11.8 Å². The Morgan fingerprint density at radius 3 is 1.53 bits per heavy atom. The average molecular weight is 239 g/mol. The first-order valence-corrected chi connectivity index (χ1v) is 7.99. The number of unbranched alkanes of at least 4 members (excludes halogenated alkanes) is 7. The van der Waals surface area contributed by atoms with Crippen molar-refractivity contribution in [3.05, 3.63) is 6.92 Å². The van der Waals surface area contributed by atoms with Crippen LogP contribution in [0.5, 0.6) is 0 Å². The smallest absolute Gasteiger partial charge is 0.0443 e. The third-order valence-electron chi connectivity index (χ3n) is 3.84. The minimum Gasteiger partial charge on any atom is -0.0651 e. The van der Waals surface area contributed by atoms with Crippen LogP contribution in [0.2, 0.25) is 0 Å². The van der Waals surface area contributed by atoms with E-state index in [0.717, 1.165) is 5.92 Å². The molecule has 0 rings (SSSR count). The van der Waals surface area contributed by atoms with Gasteiger partial charge in [-0.25, -0.2) is 0 Å². The molecule has 0 aromatic carbocycles. The van der Waals surface area contributed by atoms with Gasteiger partial charge in [-0.2, -0.15) is 0 Å². The number of hydrogen-bond donors (Lipinski definition) is 0. The molecule has 0 spiro atoms. The minimum atomic E-state index is 0.649. The van der Waals surface area contributed by atoms with Gasteiger partial charge in [0.25, 0.3) is 0 Å². The zero-order valence-electron chi connectivity index (χ0n) is 12.6. The molecule has 0 aromatic heterocycles. The fourth-order valence-corrected chi connectivity index (χ4v) is 2.25. The zero-order valence-corrected chi connectivity index (χ0v) is 12.6. The van der Waals surface area contributed by atoms with Gasteiger partial charge >= 0.3 is 0 Å². The maximum atomic E-state index is 4.03. The molecule has 17 heavy (non-hydrogen) atoms. The van der Waals surface area contributed by atoms with Crippen LogP contribution in [-0.2, 0) is 0 Å². The highest BCUT2D eigenvalue weighted by atomic mass is 14.0. The summed E-state index contributed by atoms with van der Waals surface area (Å²) in [7, 11) is 0. The predicted octanol–water partition coefficient (Wildman–Crippen LogP) is 6.40. The third kappa shape index (κ3) is 13.9. The molecule has 0 nitrogen and oxygen atoms in total. The molecule has 0 heteroatoms. The topological polar surface area (TPSA) is 0 Å². The van der Waals surface area contributed by atoms with Crippen molar-refractivity contribution in [2.45, 2.75) is 91.4 Å². The van der Waals surface area contributed by atoms with Crippen molar-refractivity contribution >= 4 is 0 Å². The van der Waals surface area contributed by atoms with Crippen LogP contribution in [0.4, 0.5) is 0 Å². The Bertz CT molecular complexity index is 137. The molecule has 0 amide bonds. The first-order chi connectivity index (χ1) is 8.16. The number of rotatable bonds is 12. The molecule has 0 bridgehead atoms. The molecule has 0 aliphatic carbocycles. The molecule has 0 aliphatic heterocycles. The van der Waals surface area contributed by atoms with Gasteiger partial charge in [0.1, 0.15) is 0 Å². The van der Waals surface area contributed by atoms with Crippen LogP contribution in [0.25, 0.3) is 0 Å². The van der Waals surface area contributed by atoms with Gasteiger partial charge in [0, 0.05) is 0 Å². The molecule has 2 unspecified atom stereocenters. The molecular weight excluding hydrogens is 204 g/mol. The van der Waals surface area contributed by atoms with E-state index in [9.17, 15) is 0 Å². The van der Waals surface area contributed by atoms with Crippen molar-refractivity contribution in [2.24, 2.45) is 11.8 Å². The lowest BCUT2D eigenvalue weighted by atomic mass is 9.99. The van der Waals surface area contributed by atoms with E-state index < -0.39 is 0 Å². The van der Waals surface area contributed by atoms with E-state index in [0.29, 0.717) is 5.92 Å². The summed E-state index contributed by atoms with van der Waals surface area (Å²) >= 11 is 0. The van der Waals surface area contributed by atoms with E-state index in [1.165, 1.54) is 70.6 Å². The van der Waals surface area contributed by atoms with Crippen LogP contribution >= 0.6 is 0 Å². The normalized spacial score (nSPS) is 13.2. The Morgan fingerprint density at radius 2 is 1.12 bits per heavy atom. The summed E-state index contributed by atoms with van der Waals surface area (Å²) in [5.41, 5.74) is 0. The summed E-state index contributed by atoms with van der Waals surface area (Å²) < 4.78 is 0. The van der Waals surface area contributed by atoms with Gasteiger partial charge in [0.2, 0.25) is 0 Å². The van der Waals surface area contributed by atoms with E-state index >= 15 is 0 Å². The van der Waals surface area contributed by atoms with Crippen LogP contribution in [0.15, 0.2) is 0 Å². The van der Waals surface area contributed by atoms with Gasteiger partial charge in [-0.1, -0.05) is 98.3 Å². The van der Waals surface area contributed by atoms with E-state index in [1.807, 2.05) is 0 Å². The molecule has 0 saturated carbocycles. The molecule has 0 saturated heterocycles. The van der Waals surface area contributed by atoms with Crippen molar-refractivity contribution in [1.82, 2.24) is 0 Å². The lowest BCUT2D eigenvalue weighted by Gasteiger charge is -2.07. The summed E-state index contributed by atoms with van der Waals surface area (Å²) in [4.78, 5) is 0. The first-order valence-electron chi connectivity index (χ1n) is 7.99. The summed E-state index contributed by atoms with van der Waals surface area (Å²) in [6.45, 7) is 10.9. The predicted molar refractivity (Wildman–Crippen MR) is 80.1 cm³/mol. The van der Waals surface area contributed by atoms with Crippen LogP contribution in [-0.4, -0.2) is 0 Å². The molecular formula is C17H35. The quantitative estimate of drug-likeness (QED) is 0.345. The Hall–Kier alpha value is 0. The van der Waals surface area contributed by atoms with E-state index in [2.05, 4.69) is 27.7 Å². The summed E-state index contributed by atoms with van der Waals surface area (Å²) in [5, 5.41) is 0. The average Bonchev–Trinajstić information content (AvgIpc) is 2.30. The van der Waals surface area contributed by atoms with E-state index in [-0.39, 0.29) is 0 Å². The van der Waals surface area contributed by atoms with Gasteiger partial charge in [0.15, 0.2) is 0 Å². The molecule has 2 atom stereocenters. The Balaban J connectivity index is 2.99. The summed E-state index contributed by atoms with van der Waals surface area (Å²) in [6.07, 6.45) is 15.6. The molecule has 0 aromatic rings. The molecule has 0 fully saturated rings. The van der Waals surface area contributed by atoms with Crippen molar-refractivity contribution in [2.75, 3.05) is 0 Å². The van der Waals surface area contributed by atoms with Gasteiger partial charge < -0.3 is 0 Å². The molecule has 0 heterocycles. The second kappa shape index (κ2) is 12.5. The standard InChI is InChI=1S/C17H35/c1-5-17(4)15-13-11-9-7-6-8-10-12-14-16(2)3/h16-17H,2,5-15H2,1,3-4H3. The van der Waals surface area contributed by atoms with Gasteiger partial charge in [-0.15, -0.1) is 0 Å². The Morgan fingerprint density at radius 1 is 0.706 bits per heavy atom. The molecule has 1 radical (unpaired) electrons. The SMILES string of the molecule is [CH2]C(C)CCCCCCCCCCC(C)CC. The van der Waals surface area contributed by atoms with Crippen LogP contribution < -0.4 is 0 Å². The minimum absolute atomic E-state index is 0.649. The van der Waals surface area contributed by atoms with Crippen molar-refractivity contribution in [3.63, 3.8) is 0 Å². The highest BCUT2D eigenvalue weighted by Crippen LogP contribution is 2.15. The van der Waals surface area contributed by atoms with Crippen molar-refractivity contribution in [3.8, 4) is 0 Å². The highest BCUT2D eigenvalue weighted by molar-refractivity contribution is 4.55. The lowest BCUT2D eigenvalue weighted by Crippen LogP contribution is -1.91. The van der Waals surface area contributed by atoms with Crippen molar-refractivity contribution < 1.29 is 0 Å². The first kappa shape index (κ1) is 17.0. The molecule has 0 N–H and O–H groups in total. The van der Waals surface area contributed by atoms with Gasteiger partial charge in [0.05, 0.1) is 0 Å². The van der Waals surface area contributed by atoms with Crippen LogP contribution in [0.1, 0.15) is 91.4 Å². The van der Waals surface area contributed by atoms with Gasteiger partial charge in [-0.3, -0.25) is 0 Å². The van der Waals surface area contributed by atoms with E-state index in [4.69, 9.17) is 0 Å². The maximum absolute atomic E-state index is 4.03. The fourth-order valence-electron chi connectivity index (χ4n) is 2.25.